The number of oxime groups is 1. The zero-order chi connectivity index (χ0) is 18.4. The van der Waals surface area contributed by atoms with Crippen molar-refractivity contribution in [1.29, 1.82) is 0 Å². The van der Waals surface area contributed by atoms with Crippen LogP contribution in [0.5, 0.6) is 5.75 Å². The number of ether oxygens (including phenoxy) is 1. The Labute approximate surface area is 158 Å². The summed E-state index contributed by atoms with van der Waals surface area (Å²) in [4.78, 5) is 16.9. The monoisotopic (exact) mass is 369 g/mol. The number of unbranched alkanes of at least 4 members (excludes halogenated alkanes) is 2. The molecule has 0 radical (unpaired) electrons. The van der Waals surface area contributed by atoms with Gasteiger partial charge >= 0.3 is 5.97 Å². The van der Waals surface area contributed by atoms with Crippen LogP contribution < -0.4 is 4.74 Å². The lowest BCUT2D eigenvalue weighted by Gasteiger charge is -2.06. The van der Waals surface area contributed by atoms with E-state index in [0.717, 1.165) is 23.3 Å². The average Bonchev–Trinajstić information content (AvgIpc) is 3.01. The van der Waals surface area contributed by atoms with Gasteiger partial charge in [0.1, 0.15) is 11.5 Å². The van der Waals surface area contributed by atoms with E-state index in [1.165, 1.54) is 12.8 Å². The van der Waals surface area contributed by atoms with Gasteiger partial charge in [0.2, 0.25) is 0 Å². The van der Waals surface area contributed by atoms with E-state index in [9.17, 15) is 4.79 Å². The maximum atomic E-state index is 12.0. The van der Waals surface area contributed by atoms with Gasteiger partial charge in [0.05, 0.1) is 12.2 Å². The van der Waals surface area contributed by atoms with Crippen LogP contribution in [0.15, 0.2) is 59.3 Å². The zero-order valence-electron chi connectivity index (χ0n) is 14.6. The highest BCUT2D eigenvalue weighted by Gasteiger charge is 2.26. The van der Waals surface area contributed by atoms with Gasteiger partial charge in [0.15, 0.2) is 0 Å². The van der Waals surface area contributed by atoms with Crippen LogP contribution in [0.4, 0.5) is 0 Å². The first-order chi connectivity index (χ1) is 12.7. The van der Waals surface area contributed by atoms with Gasteiger partial charge in [-0.05, 0) is 42.3 Å². The van der Waals surface area contributed by atoms with Crippen LogP contribution in [0.3, 0.4) is 0 Å². The smallest absolute Gasteiger partial charge is 0.368 e. The first kappa shape index (κ1) is 18.2. The molecule has 5 heteroatoms. The van der Waals surface area contributed by atoms with Gasteiger partial charge in [-0.3, -0.25) is 0 Å². The lowest BCUT2D eigenvalue weighted by molar-refractivity contribution is -0.136. The average molecular weight is 370 g/mol. The summed E-state index contributed by atoms with van der Waals surface area (Å²) in [5.74, 6) is 0.360. The van der Waals surface area contributed by atoms with Crippen LogP contribution in [0.25, 0.3) is 6.08 Å². The van der Waals surface area contributed by atoms with Crippen LogP contribution in [0, 0.1) is 0 Å². The Morgan fingerprint density at radius 1 is 1.08 bits per heavy atom. The molecule has 0 spiro atoms. The number of carbonyl (C=O) groups is 1. The van der Waals surface area contributed by atoms with Crippen LogP contribution in [0.1, 0.15) is 37.3 Å². The van der Waals surface area contributed by atoms with Crippen LogP contribution >= 0.6 is 11.6 Å². The largest absolute Gasteiger partial charge is 0.494 e. The SMILES string of the molecule is CCCCCOc1ccc(C=C2C(=O)ON=C2c2ccc(Cl)cc2)cc1. The van der Waals surface area contributed by atoms with Crippen molar-refractivity contribution in [1.82, 2.24) is 0 Å². The molecule has 0 amide bonds. The quantitative estimate of drug-likeness (QED) is 0.380. The molecule has 0 N–H and O–H groups in total. The molecule has 134 valence electrons. The number of hydrogen-bond donors (Lipinski definition) is 0. The van der Waals surface area contributed by atoms with Crippen molar-refractivity contribution in [3.63, 3.8) is 0 Å². The lowest BCUT2D eigenvalue weighted by atomic mass is 10.0. The first-order valence-electron chi connectivity index (χ1n) is 8.67. The minimum absolute atomic E-state index is 0.420. The third-order valence-electron chi connectivity index (χ3n) is 4.02. The molecule has 1 aliphatic rings. The Morgan fingerprint density at radius 2 is 1.81 bits per heavy atom. The van der Waals surface area contributed by atoms with Crippen molar-refractivity contribution in [3.05, 3.63) is 70.3 Å². The van der Waals surface area contributed by atoms with E-state index < -0.39 is 5.97 Å². The molecular formula is C21H20ClNO3. The van der Waals surface area contributed by atoms with E-state index in [-0.39, 0.29) is 0 Å². The third-order valence-corrected chi connectivity index (χ3v) is 4.27. The van der Waals surface area contributed by atoms with Crippen molar-refractivity contribution in [2.75, 3.05) is 6.61 Å². The van der Waals surface area contributed by atoms with Gasteiger partial charge in [-0.1, -0.05) is 60.8 Å². The van der Waals surface area contributed by atoms with Crippen molar-refractivity contribution >= 4 is 29.4 Å². The van der Waals surface area contributed by atoms with E-state index in [4.69, 9.17) is 21.2 Å². The molecular weight excluding hydrogens is 350 g/mol. The van der Waals surface area contributed by atoms with E-state index in [2.05, 4.69) is 12.1 Å². The van der Waals surface area contributed by atoms with Gasteiger partial charge in [0.25, 0.3) is 0 Å². The fourth-order valence-corrected chi connectivity index (χ4v) is 2.72. The Morgan fingerprint density at radius 3 is 2.50 bits per heavy atom. The van der Waals surface area contributed by atoms with Gasteiger partial charge < -0.3 is 9.57 Å². The summed E-state index contributed by atoms with van der Waals surface area (Å²) in [5.41, 5.74) is 2.58. The number of benzene rings is 2. The van der Waals surface area contributed by atoms with Crippen LogP contribution in [0.2, 0.25) is 5.02 Å². The summed E-state index contributed by atoms with van der Waals surface area (Å²) in [5, 5.41) is 4.53. The molecule has 0 saturated carbocycles. The molecule has 2 aromatic rings. The first-order valence-corrected chi connectivity index (χ1v) is 9.05. The van der Waals surface area contributed by atoms with E-state index in [1.54, 1.807) is 18.2 Å². The number of nitrogens with zero attached hydrogens (tertiary/aromatic N) is 1. The summed E-state index contributed by atoms with van der Waals surface area (Å²) in [6.07, 6.45) is 5.15. The maximum absolute atomic E-state index is 12.0. The molecule has 1 aliphatic heterocycles. The Bertz CT molecular complexity index is 823. The summed E-state index contributed by atoms with van der Waals surface area (Å²) in [7, 11) is 0. The van der Waals surface area contributed by atoms with Crippen molar-refractivity contribution in [3.8, 4) is 5.75 Å². The fourth-order valence-electron chi connectivity index (χ4n) is 2.59. The lowest BCUT2D eigenvalue weighted by Crippen LogP contribution is -2.06. The predicted molar refractivity (Wildman–Crippen MR) is 104 cm³/mol. The normalized spacial score (nSPS) is 15.1. The molecule has 0 bridgehead atoms. The van der Waals surface area contributed by atoms with Gasteiger partial charge in [-0.25, -0.2) is 4.79 Å². The highest BCUT2D eigenvalue weighted by Crippen LogP contribution is 2.23. The molecule has 4 nitrogen and oxygen atoms in total. The van der Waals surface area contributed by atoms with Gasteiger partial charge in [-0.15, -0.1) is 0 Å². The number of carbonyl (C=O) groups excluding carboxylic acids is 1. The van der Waals surface area contributed by atoms with E-state index in [0.29, 0.717) is 22.9 Å². The Balaban J connectivity index is 1.74. The molecule has 1 heterocycles. The van der Waals surface area contributed by atoms with Crippen LogP contribution in [-0.4, -0.2) is 18.3 Å². The second-order valence-electron chi connectivity index (χ2n) is 6.01. The fraction of sp³-hybridized carbons (Fsp3) is 0.238. The molecule has 3 rings (SSSR count). The molecule has 0 atom stereocenters. The maximum Gasteiger partial charge on any atom is 0.368 e. The number of halogens is 1. The zero-order valence-corrected chi connectivity index (χ0v) is 15.3. The summed E-state index contributed by atoms with van der Waals surface area (Å²) in [6, 6.07) is 14.7. The van der Waals surface area contributed by atoms with E-state index >= 15 is 0 Å². The third kappa shape index (κ3) is 4.52. The van der Waals surface area contributed by atoms with Gasteiger partial charge in [-0.2, -0.15) is 0 Å². The Hall–Kier alpha value is -2.59. The highest BCUT2D eigenvalue weighted by atomic mass is 35.5. The number of rotatable bonds is 7. The molecule has 0 saturated heterocycles. The summed E-state index contributed by atoms with van der Waals surface area (Å²) in [6.45, 7) is 2.88. The predicted octanol–water partition coefficient (Wildman–Crippen LogP) is 5.25. The molecule has 0 unspecified atom stereocenters. The van der Waals surface area contributed by atoms with Crippen molar-refractivity contribution < 1.29 is 14.4 Å². The second-order valence-corrected chi connectivity index (χ2v) is 6.44. The van der Waals surface area contributed by atoms with Crippen LogP contribution in [-0.2, 0) is 9.63 Å². The molecule has 26 heavy (non-hydrogen) atoms. The van der Waals surface area contributed by atoms with E-state index in [1.807, 2.05) is 36.4 Å². The molecule has 0 fully saturated rings. The molecule has 2 aromatic carbocycles. The minimum Gasteiger partial charge on any atom is -0.494 e. The minimum atomic E-state index is -0.463. The Kier molecular flexibility index (Phi) is 6.08. The summed E-state index contributed by atoms with van der Waals surface area (Å²) >= 11 is 5.92. The number of hydrogen-bond acceptors (Lipinski definition) is 4. The second kappa shape index (κ2) is 8.68. The summed E-state index contributed by atoms with van der Waals surface area (Å²) < 4.78 is 5.71. The topological polar surface area (TPSA) is 47.9 Å². The standard InChI is InChI=1S/C21H20ClNO3/c1-2-3-4-13-25-18-11-5-15(6-12-18)14-19-20(23-26-21(19)24)16-7-9-17(22)10-8-16/h5-12,14H,2-4,13H2,1H3. The van der Waals surface area contributed by atoms with Crippen molar-refractivity contribution in [2.45, 2.75) is 26.2 Å². The van der Waals surface area contributed by atoms with Gasteiger partial charge in [0, 0.05) is 10.6 Å². The highest BCUT2D eigenvalue weighted by molar-refractivity contribution is 6.32. The van der Waals surface area contributed by atoms with Crippen molar-refractivity contribution in [2.24, 2.45) is 5.16 Å². The molecule has 0 aromatic heterocycles. The molecule has 0 aliphatic carbocycles.